The zero-order valence-corrected chi connectivity index (χ0v) is 11.4. The van der Waals surface area contributed by atoms with E-state index in [1.807, 2.05) is 27.0 Å². The predicted molar refractivity (Wildman–Crippen MR) is 73.3 cm³/mol. The summed E-state index contributed by atoms with van der Waals surface area (Å²) in [6, 6.07) is 8.39. The van der Waals surface area contributed by atoms with Crippen molar-refractivity contribution in [2.75, 3.05) is 7.05 Å². The van der Waals surface area contributed by atoms with Crippen LogP contribution in [0.3, 0.4) is 0 Å². The number of aromatic nitrogens is 2. The highest BCUT2D eigenvalue weighted by molar-refractivity contribution is 5.31. The van der Waals surface area contributed by atoms with Gasteiger partial charge in [0.15, 0.2) is 0 Å². The molecule has 0 radical (unpaired) electrons. The smallest absolute Gasteiger partial charge is 0.138 e. The van der Waals surface area contributed by atoms with E-state index in [4.69, 9.17) is 0 Å². The quantitative estimate of drug-likeness (QED) is 0.917. The predicted octanol–water partition coefficient (Wildman–Crippen LogP) is 2.66. The van der Waals surface area contributed by atoms with Crippen molar-refractivity contribution in [3.63, 3.8) is 0 Å². The molecule has 1 aromatic heterocycles. The van der Waals surface area contributed by atoms with Crippen LogP contribution in [0.5, 0.6) is 0 Å². The van der Waals surface area contributed by atoms with Crippen molar-refractivity contribution in [1.82, 2.24) is 15.3 Å². The van der Waals surface area contributed by atoms with Gasteiger partial charge in [-0.25, -0.2) is 14.4 Å². The molecule has 100 valence electrons. The maximum Gasteiger partial charge on any atom is 0.138 e. The van der Waals surface area contributed by atoms with Crippen LogP contribution in [0.4, 0.5) is 4.39 Å². The summed E-state index contributed by atoms with van der Waals surface area (Å²) in [6.45, 7) is 4.78. The van der Waals surface area contributed by atoms with E-state index >= 15 is 0 Å². The van der Waals surface area contributed by atoms with Crippen LogP contribution in [0.2, 0.25) is 0 Å². The van der Waals surface area contributed by atoms with Crippen molar-refractivity contribution in [3.05, 3.63) is 59.4 Å². The third kappa shape index (κ3) is 2.96. The Kier molecular flexibility index (Phi) is 3.90. The summed E-state index contributed by atoms with van der Waals surface area (Å²) in [4.78, 5) is 8.93. The first-order valence-electron chi connectivity index (χ1n) is 6.27. The highest BCUT2D eigenvalue weighted by atomic mass is 19.1. The molecule has 0 amide bonds. The molecule has 1 N–H and O–H groups in total. The van der Waals surface area contributed by atoms with Crippen LogP contribution in [0.1, 0.15) is 30.9 Å². The molecule has 0 saturated carbocycles. The fourth-order valence-corrected chi connectivity index (χ4v) is 1.97. The molecule has 0 bridgehead atoms. The molecule has 0 saturated heterocycles. The highest BCUT2D eigenvalue weighted by Crippen LogP contribution is 2.28. The van der Waals surface area contributed by atoms with E-state index in [1.54, 1.807) is 18.3 Å². The van der Waals surface area contributed by atoms with Crippen molar-refractivity contribution in [2.24, 2.45) is 0 Å². The number of nitrogens with one attached hydrogen (secondary N) is 1. The van der Waals surface area contributed by atoms with Crippen molar-refractivity contribution in [2.45, 2.75) is 25.8 Å². The van der Waals surface area contributed by atoms with Gasteiger partial charge in [0.05, 0.1) is 5.69 Å². The molecular formula is C15H18FN3. The normalized spacial score (nSPS) is 11.6. The molecule has 19 heavy (non-hydrogen) atoms. The minimum atomic E-state index is -0.350. The van der Waals surface area contributed by atoms with Crippen LogP contribution in [0.15, 0.2) is 36.5 Å². The summed E-state index contributed by atoms with van der Waals surface area (Å²) in [7, 11) is 1.88. The van der Waals surface area contributed by atoms with Gasteiger partial charge in [0.1, 0.15) is 11.6 Å². The van der Waals surface area contributed by atoms with Gasteiger partial charge < -0.3 is 5.32 Å². The topological polar surface area (TPSA) is 37.8 Å². The maximum absolute atomic E-state index is 13.0. The van der Waals surface area contributed by atoms with E-state index in [1.165, 1.54) is 12.1 Å². The second-order valence-electron chi connectivity index (χ2n) is 5.03. The molecule has 4 heteroatoms. The van der Waals surface area contributed by atoms with E-state index in [2.05, 4.69) is 15.3 Å². The standard InChI is InChI=1S/C15H18FN3/c1-15(2,11-4-6-12(16)7-5-11)14-18-9-8-13(19-14)10-17-3/h4-9,17H,10H2,1-3H3. The monoisotopic (exact) mass is 259 g/mol. The Labute approximate surface area is 112 Å². The summed E-state index contributed by atoms with van der Waals surface area (Å²) in [5, 5.41) is 3.07. The molecule has 0 fully saturated rings. The molecule has 0 aliphatic heterocycles. The Morgan fingerprint density at radius 2 is 1.84 bits per heavy atom. The van der Waals surface area contributed by atoms with Gasteiger partial charge in [-0.05, 0) is 44.7 Å². The zero-order chi connectivity index (χ0) is 13.9. The van der Waals surface area contributed by atoms with Gasteiger partial charge in [-0.3, -0.25) is 0 Å². The lowest BCUT2D eigenvalue weighted by atomic mass is 9.83. The molecule has 1 heterocycles. The minimum Gasteiger partial charge on any atom is -0.314 e. The number of rotatable bonds is 4. The number of hydrogen-bond acceptors (Lipinski definition) is 3. The Balaban J connectivity index is 2.37. The first kappa shape index (κ1) is 13.6. The summed E-state index contributed by atoms with van der Waals surface area (Å²) in [5.41, 5.74) is 1.59. The van der Waals surface area contributed by atoms with E-state index in [-0.39, 0.29) is 11.2 Å². The number of benzene rings is 1. The van der Waals surface area contributed by atoms with E-state index in [0.29, 0.717) is 6.54 Å². The minimum absolute atomic E-state index is 0.232. The molecule has 2 aromatic rings. The molecule has 0 aliphatic carbocycles. The average Bonchev–Trinajstić information content (AvgIpc) is 2.40. The molecule has 0 aliphatic rings. The zero-order valence-electron chi connectivity index (χ0n) is 11.4. The van der Waals surface area contributed by atoms with E-state index < -0.39 is 0 Å². The van der Waals surface area contributed by atoms with Crippen molar-refractivity contribution in [3.8, 4) is 0 Å². The third-order valence-electron chi connectivity index (χ3n) is 3.20. The van der Waals surface area contributed by atoms with Gasteiger partial charge in [-0.1, -0.05) is 12.1 Å². The summed E-state index contributed by atoms with van der Waals surface area (Å²) in [5.74, 6) is 0.510. The average molecular weight is 259 g/mol. The Morgan fingerprint density at radius 3 is 2.47 bits per heavy atom. The van der Waals surface area contributed by atoms with Gasteiger partial charge in [0, 0.05) is 18.2 Å². The largest absolute Gasteiger partial charge is 0.314 e. The Hall–Kier alpha value is -1.81. The molecular weight excluding hydrogens is 241 g/mol. The van der Waals surface area contributed by atoms with Gasteiger partial charge in [0.2, 0.25) is 0 Å². The lowest BCUT2D eigenvalue weighted by Crippen LogP contribution is -2.23. The van der Waals surface area contributed by atoms with Gasteiger partial charge >= 0.3 is 0 Å². The van der Waals surface area contributed by atoms with Crippen LogP contribution in [-0.4, -0.2) is 17.0 Å². The Bertz CT molecular complexity index is 550. The van der Waals surface area contributed by atoms with Gasteiger partial charge in [-0.15, -0.1) is 0 Å². The summed E-state index contributed by atoms with van der Waals surface area (Å²) in [6.07, 6.45) is 1.76. The fourth-order valence-electron chi connectivity index (χ4n) is 1.97. The molecule has 3 nitrogen and oxygen atoms in total. The summed E-state index contributed by atoms with van der Waals surface area (Å²) < 4.78 is 13.0. The summed E-state index contributed by atoms with van der Waals surface area (Å²) >= 11 is 0. The second kappa shape index (κ2) is 5.45. The van der Waals surface area contributed by atoms with Crippen LogP contribution in [0.25, 0.3) is 0 Å². The molecule has 0 unspecified atom stereocenters. The SMILES string of the molecule is CNCc1ccnc(C(C)(C)c2ccc(F)cc2)n1. The third-order valence-corrected chi connectivity index (χ3v) is 3.20. The fraction of sp³-hybridized carbons (Fsp3) is 0.333. The highest BCUT2D eigenvalue weighted by Gasteiger charge is 2.26. The first-order chi connectivity index (χ1) is 9.04. The van der Waals surface area contributed by atoms with E-state index in [9.17, 15) is 4.39 Å². The Morgan fingerprint density at radius 1 is 1.16 bits per heavy atom. The first-order valence-corrected chi connectivity index (χ1v) is 6.27. The lowest BCUT2D eigenvalue weighted by Gasteiger charge is -2.24. The molecule has 2 rings (SSSR count). The maximum atomic E-state index is 13.0. The molecule has 0 atom stereocenters. The van der Waals surface area contributed by atoms with Crippen LogP contribution in [0, 0.1) is 5.82 Å². The van der Waals surface area contributed by atoms with Gasteiger partial charge in [0.25, 0.3) is 0 Å². The van der Waals surface area contributed by atoms with Gasteiger partial charge in [-0.2, -0.15) is 0 Å². The molecule has 1 aromatic carbocycles. The van der Waals surface area contributed by atoms with Crippen LogP contribution in [-0.2, 0) is 12.0 Å². The molecule has 0 spiro atoms. The van der Waals surface area contributed by atoms with Crippen molar-refractivity contribution < 1.29 is 4.39 Å². The van der Waals surface area contributed by atoms with Crippen LogP contribution >= 0.6 is 0 Å². The lowest BCUT2D eigenvalue weighted by molar-refractivity contribution is 0.576. The second-order valence-corrected chi connectivity index (χ2v) is 5.03. The van der Waals surface area contributed by atoms with E-state index in [0.717, 1.165) is 17.1 Å². The van der Waals surface area contributed by atoms with Crippen LogP contribution < -0.4 is 5.32 Å². The van der Waals surface area contributed by atoms with Crippen molar-refractivity contribution in [1.29, 1.82) is 0 Å². The number of hydrogen-bond donors (Lipinski definition) is 1. The van der Waals surface area contributed by atoms with Crippen molar-refractivity contribution >= 4 is 0 Å². The number of nitrogens with zero attached hydrogens (tertiary/aromatic N) is 2. The number of halogens is 1.